The van der Waals surface area contributed by atoms with Crippen molar-refractivity contribution >= 4 is 5.82 Å². The van der Waals surface area contributed by atoms with E-state index >= 15 is 0 Å². The molecule has 0 saturated heterocycles. The molecular formula is C16H13F2N3O. The quantitative estimate of drug-likeness (QED) is 0.804. The average molecular weight is 301 g/mol. The molecule has 2 N–H and O–H groups in total. The van der Waals surface area contributed by atoms with Crippen LogP contribution in [0.4, 0.5) is 14.6 Å². The summed E-state index contributed by atoms with van der Waals surface area (Å²) in [5, 5.41) is 3.91. The molecule has 112 valence electrons. The van der Waals surface area contributed by atoms with E-state index in [1.165, 1.54) is 16.9 Å². The Morgan fingerprint density at radius 3 is 2.32 bits per heavy atom. The molecule has 0 radical (unpaired) electrons. The zero-order valence-corrected chi connectivity index (χ0v) is 11.5. The molecule has 0 aliphatic rings. The number of rotatable bonds is 4. The lowest BCUT2D eigenvalue weighted by Crippen LogP contribution is -2.03. The summed E-state index contributed by atoms with van der Waals surface area (Å²) in [5.74, 6) is -1.72. The van der Waals surface area contributed by atoms with Gasteiger partial charge in [-0.2, -0.15) is 5.10 Å². The van der Waals surface area contributed by atoms with E-state index in [4.69, 9.17) is 10.5 Å². The summed E-state index contributed by atoms with van der Waals surface area (Å²) < 4.78 is 34.7. The highest BCUT2D eigenvalue weighted by atomic mass is 19.1. The van der Waals surface area contributed by atoms with Gasteiger partial charge in [0, 0.05) is 24.4 Å². The van der Waals surface area contributed by atoms with Crippen molar-refractivity contribution in [3.05, 3.63) is 71.9 Å². The molecule has 0 spiro atoms. The van der Waals surface area contributed by atoms with Gasteiger partial charge in [0.15, 0.2) is 17.4 Å². The number of anilines is 1. The minimum Gasteiger partial charge on any atom is -0.483 e. The smallest absolute Gasteiger partial charge is 0.191 e. The summed E-state index contributed by atoms with van der Waals surface area (Å²) in [6, 6.07) is 13.0. The summed E-state index contributed by atoms with van der Waals surface area (Å²) in [7, 11) is 0. The van der Waals surface area contributed by atoms with Crippen LogP contribution < -0.4 is 10.5 Å². The number of nitrogen functional groups attached to an aromatic ring is 1. The molecule has 22 heavy (non-hydrogen) atoms. The maximum absolute atomic E-state index is 14.1. The van der Waals surface area contributed by atoms with Crippen molar-refractivity contribution < 1.29 is 13.5 Å². The molecule has 0 unspecified atom stereocenters. The average Bonchev–Trinajstić information content (AvgIpc) is 2.94. The number of benzene rings is 2. The molecule has 0 atom stereocenters. The molecule has 3 rings (SSSR count). The first-order valence-corrected chi connectivity index (χ1v) is 6.61. The van der Waals surface area contributed by atoms with Crippen molar-refractivity contribution in [1.29, 1.82) is 0 Å². The van der Waals surface area contributed by atoms with Crippen LogP contribution >= 0.6 is 0 Å². The molecule has 0 saturated carbocycles. The Hall–Kier alpha value is -2.89. The van der Waals surface area contributed by atoms with Crippen LogP contribution in [0.25, 0.3) is 5.69 Å². The van der Waals surface area contributed by atoms with Gasteiger partial charge in [-0.15, -0.1) is 0 Å². The molecule has 6 heteroatoms. The standard InChI is InChI=1S/C16H13F2N3O/c17-13-8-12(21-7-6-15(19)20-21)9-14(18)16(13)22-10-11-4-2-1-3-5-11/h1-9H,10H2,(H2,19,20). The first-order valence-electron chi connectivity index (χ1n) is 6.61. The Morgan fingerprint density at radius 1 is 1.05 bits per heavy atom. The monoisotopic (exact) mass is 301 g/mol. The maximum atomic E-state index is 14.1. The number of nitrogens with two attached hydrogens (primary N) is 1. The van der Waals surface area contributed by atoms with E-state index < -0.39 is 17.4 Å². The molecule has 1 aromatic heterocycles. The van der Waals surface area contributed by atoms with Gasteiger partial charge in [0.25, 0.3) is 0 Å². The summed E-state index contributed by atoms with van der Waals surface area (Å²) in [5.41, 5.74) is 6.55. The molecule has 3 aromatic rings. The van der Waals surface area contributed by atoms with E-state index in [9.17, 15) is 8.78 Å². The predicted molar refractivity (Wildman–Crippen MR) is 78.7 cm³/mol. The Morgan fingerprint density at radius 2 is 1.73 bits per heavy atom. The minimum absolute atomic E-state index is 0.0861. The number of ether oxygens (including phenoxy) is 1. The van der Waals surface area contributed by atoms with Crippen molar-refractivity contribution in [2.45, 2.75) is 6.61 Å². The predicted octanol–water partition coefficient (Wildman–Crippen LogP) is 3.31. The first kappa shape index (κ1) is 14.1. The number of hydrogen-bond donors (Lipinski definition) is 1. The van der Waals surface area contributed by atoms with Crippen LogP contribution in [0.15, 0.2) is 54.7 Å². The van der Waals surface area contributed by atoms with Gasteiger partial charge in [-0.25, -0.2) is 13.5 Å². The van der Waals surface area contributed by atoms with Gasteiger partial charge in [-0.3, -0.25) is 0 Å². The normalized spacial score (nSPS) is 10.6. The second kappa shape index (κ2) is 5.85. The van der Waals surface area contributed by atoms with Crippen molar-refractivity contribution in [2.24, 2.45) is 0 Å². The third-order valence-electron chi connectivity index (χ3n) is 3.08. The zero-order valence-electron chi connectivity index (χ0n) is 11.5. The summed E-state index contributed by atoms with van der Waals surface area (Å²) in [6.45, 7) is 0.0861. The van der Waals surface area contributed by atoms with Crippen molar-refractivity contribution in [1.82, 2.24) is 9.78 Å². The van der Waals surface area contributed by atoms with Crippen LogP contribution in [0.1, 0.15) is 5.56 Å². The van der Waals surface area contributed by atoms with Gasteiger partial charge >= 0.3 is 0 Å². The lowest BCUT2D eigenvalue weighted by atomic mass is 10.2. The third-order valence-corrected chi connectivity index (χ3v) is 3.08. The van der Waals surface area contributed by atoms with Gasteiger partial charge in [0.05, 0.1) is 5.69 Å². The number of nitrogens with zero attached hydrogens (tertiary/aromatic N) is 2. The van der Waals surface area contributed by atoms with Gasteiger partial charge in [-0.05, 0) is 5.56 Å². The van der Waals surface area contributed by atoms with Gasteiger partial charge in [0.1, 0.15) is 12.4 Å². The Labute approximate surface area is 125 Å². The van der Waals surface area contributed by atoms with E-state index in [-0.39, 0.29) is 18.1 Å². The largest absolute Gasteiger partial charge is 0.483 e. The number of aromatic nitrogens is 2. The molecule has 0 fully saturated rings. The SMILES string of the molecule is Nc1ccn(-c2cc(F)c(OCc3ccccc3)c(F)c2)n1. The Balaban J connectivity index is 1.84. The highest BCUT2D eigenvalue weighted by molar-refractivity contribution is 5.41. The first-order chi connectivity index (χ1) is 10.6. The van der Waals surface area contributed by atoms with Crippen LogP contribution in [0.3, 0.4) is 0 Å². The third kappa shape index (κ3) is 2.90. The molecule has 0 bridgehead atoms. The second-order valence-electron chi connectivity index (χ2n) is 4.70. The van der Waals surface area contributed by atoms with E-state index in [0.717, 1.165) is 17.7 Å². The molecule has 0 aliphatic heterocycles. The van der Waals surface area contributed by atoms with Crippen molar-refractivity contribution in [3.63, 3.8) is 0 Å². The van der Waals surface area contributed by atoms with Crippen LogP contribution in [0.5, 0.6) is 5.75 Å². The van der Waals surface area contributed by atoms with E-state index in [1.54, 1.807) is 0 Å². The topological polar surface area (TPSA) is 53.1 Å². The number of hydrogen-bond acceptors (Lipinski definition) is 3. The highest BCUT2D eigenvalue weighted by Gasteiger charge is 2.14. The Bertz CT molecular complexity index is 764. The molecule has 4 nitrogen and oxygen atoms in total. The lowest BCUT2D eigenvalue weighted by molar-refractivity contribution is 0.274. The Kier molecular flexibility index (Phi) is 3.74. The molecule has 2 aromatic carbocycles. The summed E-state index contributed by atoms with van der Waals surface area (Å²) >= 11 is 0. The molecular weight excluding hydrogens is 288 g/mol. The van der Waals surface area contributed by atoms with Crippen LogP contribution in [-0.2, 0) is 6.61 Å². The second-order valence-corrected chi connectivity index (χ2v) is 4.70. The minimum atomic E-state index is -0.792. The van der Waals surface area contributed by atoms with Gasteiger partial charge in [-0.1, -0.05) is 30.3 Å². The fourth-order valence-electron chi connectivity index (χ4n) is 2.03. The van der Waals surface area contributed by atoms with Gasteiger partial charge < -0.3 is 10.5 Å². The summed E-state index contributed by atoms with van der Waals surface area (Å²) in [4.78, 5) is 0. The fraction of sp³-hybridized carbons (Fsp3) is 0.0625. The summed E-state index contributed by atoms with van der Waals surface area (Å²) in [6.07, 6.45) is 1.52. The number of halogens is 2. The van der Waals surface area contributed by atoms with E-state index in [1.807, 2.05) is 30.3 Å². The van der Waals surface area contributed by atoms with Crippen LogP contribution in [0.2, 0.25) is 0 Å². The highest BCUT2D eigenvalue weighted by Crippen LogP contribution is 2.26. The van der Waals surface area contributed by atoms with Crippen molar-refractivity contribution in [3.8, 4) is 11.4 Å². The fourth-order valence-corrected chi connectivity index (χ4v) is 2.03. The van der Waals surface area contributed by atoms with Gasteiger partial charge in [0.2, 0.25) is 0 Å². The van der Waals surface area contributed by atoms with Crippen molar-refractivity contribution in [2.75, 3.05) is 5.73 Å². The van der Waals surface area contributed by atoms with Crippen LogP contribution in [-0.4, -0.2) is 9.78 Å². The van der Waals surface area contributed by atoms with E-state index in [2.05, 4.69) is 5.10 Å². The van der Waals surface area contributed by atoms with E-state index in [0.29, 0.717) is 0 Å². The molecule has 1 heterocycles. The molecule has 0 amide bonds. The van der Waals surface area contributed by atoms with Crippen LogP contribution in [0, 0.1) is 11.6 Å². The lowest BCUT2D eigenvalue weighted by Gasteiger charge is -2.10. The zero-order chi connectivity index (χ0) is 15.5. The maximum Gasteiger partial charge on any atom is 0.191 e. The molecule has 0 aliphatic carbocycles.